The summed E-state index contributed by atoms with van der Waals surface area (Å²) in [6.45, 7) is 1.18. The van der Waals surface area contributed by atoms with Gasteiger partial charge in [-0.25, -0.2) is 4.39 Å². The molecule has 110 valence electrons. The molecular weight excluding hydrogens is 380 g/mol. The van der Waals surface area contributed by atoms with E-state index in [0.29, 0.717) is 18.8 Å². The van der Waals surface area contributed by atoms with Crippen molar-refractivity contribution < 1.29 is 9.13 Å². The van der Waals surface area contributed by atoms with Gasteiger partial charge in [0.15, 0.2) is 0 Å². The Morgan fingerprint density at radius 3 is 2.62 bits per heavy atom. The van der Waals surface area contributed by atoms with Crippen LogP contribution in [0, 0.1) is 5.82 Å². The predicted octanol–water partition coefficient (Wildman–Crippen LogP) is 5.44. The Morgan fingerprint density at radius 1 is 1.19 bits per heavy atom. The fraction of sp³-hybridized carbons (Fsp3) is 0.200. The molecule has 2 aromatic rings. The van der Waals surface area contributed by atoms with Gasteiger partial charge in [-0.3, -0.25) is 0 Å². The standard InChI is InChI=1S/C15H11BrCl2FNO/c16-10-3-8-1-2-21-15(8)9(4-10)7-20-14-12(17)5-11(19)6-13(14)18/h3-6,20H,1-2,7H2. The van der Waals surface area contributed by atoms with E-state index in [1.807, 2.05) is 6.07 Å². The monoisotopic (exact) mass is 389 g/mol. The molecule has 1 aliphatic heterocycles. The number of hydrogen-bond acceptors (Lipinski definition) is 2. The molecule has 0 unspecified atom stereocenters. The van der Waals surface area contributed by atoms with Gasteiger partial charge >= 0.3 is 0 Å². The molecule has 0 fully saturated rings. The summed E-state index contributed by atoms with van der Waals surface area (Å²) in [5.74, 6) is 0.447. The average molecular weight is 391 g/mol. The minimum absolute atomic E-state index is 0.257. The third-order valence-corrected chi connectivity index (χ3v) is 4.34. The predicted molar refractivity (Wildman–Crippen MR) is 87.1 cm³/mol. The van der Waals surface area contributed by atoms with Crippen LogP contribution in [0.4, 0.5) is 10.1 Å². The first-order valence-corrected chi connectivity index (χ1v) is 7.92. The molecule has 0 spiro atoms. The molecule has 0 aromatic heterocycles. The highest BCUT2D eigenvalue weighted by atomic mass is 79.9. The Kier molecular flexibility index (Phi) is 4.29. The number of nitrogens with one attached hydrogen (secondary N) is 1. The number of halogens is 4. The Bertz CT molecular complexity index is 685. The largest absolute Gasteiger partial charge is 0.493 e. The topological polar surface area (TPSA) is 21.3 Å². The molecule has 0 saturated carbocycles. The zero-order valence-corrected chi connectivity index (χ0v) is 13.9. The second-order valence-electron chi connectivity index (χ2n) is 4.75. The second kappa shape index (κ2) is 6.03. The van der Waals surface area contributed by atoms with Gasteiger partial charge in [-0.1, -0.05) is 39.1 Å². The van der Waals surface area contributed by atoms with Crippen molar-refractivity contribution in [3.63, 3.8) is 0 Å². The van der Waals surface area contributed by atoms with Crippen molar-refractivity contribution in [2.75, 3.05) is 11.9 Å². The van der Waals surface area contributed by atoms with Crippen molar-refractivity contribution in [1.82, 2.24) is 0 Å². The average Bonchev–Trinajstić information content (AvgIpc) is 2.85. The van der Waals surface area contributed by atoms with Crippen LogP contribution in [-0.2, 0) is 13.0 Å². The van der Waals surface area contributed by atoms with Crippen LogP contribution in [-0.4, -0.2) is 6.61 Å². The van der Waals surface area contributed by atoms with Crippen LogP contribution in [0.25, 0.3) is 0 Å². The van der Waals surface area contributed by atoms with Crippen LogP contribution in [0.2, 0.25) is 10.0 Å². The van der Waals surface area contributed by atoms with Gasteiger partial charge in [0.1, 0.15) is 11.6 Å². The van der Waals surface area contributed by atoms with Crippen LogP contribution >= 0.6 is 39.1 Å². The van der Waals surface area contributed by atoms with Gasteiger partial charge in [0.2, 0.25) is 0 Å². The number of anilines is 1. The summed E-state index contributed by atoms with van der Waals surface area (Å²) in [6, 6.07) is 6.52. The minimum atomic E-state index is -0.456. The molecular formula is C15H11BrCl2FNO. The SMILES string of the molecule is Fc1cc(Cl)c(NCc2cc(Br)cc3c2OCC3)c(Cl)c1. The van der Waals surface area contributed by atoms with E-state index in [1.165, 1.54) is 17.7 Å². The summed E-state index contributed by atoms with van der Waals surface area (Å²) in [6.07, 6.45) is 0.903. The van der Waals surface area contributed by atoms with E-state index >= 15 is 0 Å². The lowest BCUT2D eigenvalue weighted by atomic mass is 10.1. The van der Waals surface area contributed by atoms with Crippen LogP contribution in [0.5, 0.6) is 5.75 Å². The van der Waals surface area contributed by atoms with E-state index in [1.54, 1.807) is 0 Å². The van der Waals surface area contributed by atoms with Crippen molar-refractivity contribution in [2.24, 2.45) is 0 Å². The van der Waals surface area contributed by atoms with E-state index in [4.69, 9.17) is 27.9 Å². The molecule has 0 saturated heterocycles. The normalized spacial score (nSPS) is 13.0. The van der Waals surface area contributed by atoms with Crippen molar-refractivity contribution in [1.29, 1.82) is 0 Å². The van der Waals surface area contributed by atoms with Gasteiger partial charge in [-0.2, -0.15) is 0 Å². The molecule has 2 aromatic carbocycles. The Balaban J connectivity index is 1.86. The lowest BCUT2D eigenvalue weighted by Crippen LogP contribution is -2.03. The van der Waals surface area contributed by atoms with Gasteiger partial charge in [0.05, 0.1) is 22.3 Å². The summed E-state index contributed by atoms with van der Waals surface area (Å²) in [7, 11) is 0. The van der Waals surface area contributed by atoms with Gasteiger partial charge in [-0.05, 0) is 29.8 Å². The van der Waals surface area contributed by atoms with Crippen molar-refractivity contribution in [2.45, 2.75) is 13.0 Å². The molecule has 6 heteroatoms. The smallest absolute Gasteiger partial charge is 0.127 e. The van der Waals surface area contributed by atoms with Crippen LogP contribution in [0.1, 0.15) is 11.1 Å². The molecule has 3 rings (SSSR count). The summed E-state index contributed by atoms with van der Waals surface area (Å²) < 4.78 is 19.8. The van der Waals surface area contributed by atoms with Gasteiger partial charge in [-0.15, -0.1) is 0 Å². The van der Waals surface area contributed by atoms with Gasteiger partial charge in [0.25, 0.3) is 0 Å². The fourth-order valence-electron chi connectivity index (χ4n) is 2.37. The van der Waals surface area contributed by atoms with Crippen LogP contribution < -0.4 is 10.1 Å². The van der Waals surface area contributed by atoms with Gasteiger partial charge < -0.3 is 10.1 Å². The van der Waals surface area contributed by atoms with Crippen molar-refractivity contribution in [3.05, 3.63) is 55.7 Å². The molecule has 2 nitrogen and oxygen atoms in total. The van der Waals surface area contributed by atoms with E-state index in [9.17, 15) is 4.39 Å². The molecule has 0 bridgehead atoms. The third kappa shape index (κ3) is 3.12. The first-order valence-electron chi connectivity index (χ1n) is 6.37. The maximum absolute atomic E-state index is 13.2. The van der Waals surface area contributed by atoms with Crippen LogP contribution in [0.15, 0.2) is 28.7 Å². The molecule has 0 aliphatic carbocycles. The minimum Gasteiger partial charge on any atom is -0.493 e. The molecule has 0 atom stereocenters. The first kappa shape index (κ1) is 14.9. The highest BCUT2D eigenvalue weighted by Crippen LogP contribution is 2.35. The quantitative estimate of drug-likeness (QED) is 0.753. The van der Waals surface area contributed by atoms with Crippen molar-refractivity contribution >= 4 is 44.8 Å². The number of benzene rings is 2. The second-order valence-corrected chi connectivity index (χ2v) is 6.48. The van der Waals surface area contributed by atoms with E-state index in [0.717, 1.165) is 22.2 Å². The highest BCUT2D eigenvalue weighted by molar-refractivity contribution is 9.10. The molecule has 1 heterocycles. The van der Waals surface area contributed by atoms with Gasteiger partial charge in [0, 0.05) is 23.0 Å². The Morgan fingerprint density at radius 2 is 1.90 bits per heavy atom. The first-order chi connectivity index (χ1) is 10.0. The zero-order valence-electron chi connectivity index (χ0n) is 10.9. The number of fused-ring (bicyclic) bond motifs is 1. The summed E-state index contributed by atoms with van der Waals surface area (Å²) in [4.78, 5) is 0. The molecule has 21 heavy (non-hydrogen) atoms. The van der Waals surface area contributed by atoms with Crippen LogP contribution in [0.3, 0.4) is 0 Å². The maximum Gasteiger partial charge on any atom is 0.127 e. The Hall–Kier alpha value is -0.970. The zero-order chi connectivity index (χ0) is 15.0. The lowest BCUT2D eigenvalue weighted by Gasteiger charge is -2.13. The third-order valence-electron chi connectivity index (χ3n) is 3.29. The van der Waals surface area contributed by atoms with E-state index < -0.39 is 5.82 Å². The van der Waals surface area contributed by atoms with E-state index in [2.05, 4.69) is 27.3 Å². The molecule has 0 amide bonds. The Labute approximate surface area is 140 Å². The number of hydrogen-bond donors (Lipinski definition) is 1. The molecule has 1 aliphatic rings. The maximum atomic E-state index is 13.2. The number of rotatable bonds is 3. The summed E-state index contributed by atoms with van der Waals surface area (Å²) in [5.41, 5.74) is 2.71. The summed E-state index contributed by atoms with van der Waals surface area (Å²) >= 11 is 15.5. The fourth-order valence-corrected chi connectivity index (χ4v) is 3.52. The lowest BCUT2D eigenvalue weighted by molar-refractivity contribution is 0.354. The van der Waals surface area contributed by atoms with E-state index in [-0.39, 0.29) is 10.0 Å². The highest BCUT2D eigenvalue weighted by Gasteiger charge is 2.18. The molecule has 1 N–H and O–H groups in total. The summed E-state index contributed by atoms with van der Waals surface area (Å²) in [5, 5.41) is 3.66. The molecule has 0 radical (unpaired) electrons. The van der Waals surface area contributed by atoms with Crippen molar-refractivity contribution in [3.8, 4) is 5.75 Å². The number of ether oxygens (including phenoxy) is 1.